The Kier molecular flexibility index (Phi) is 8.32. The lowest BCUT2D eigenvalue weighted by Crippen LogP contribution is -2.29. The average Bonchev–Trinajstić information content (AvgIpc) is 2.87. The van der Waals surface area contributed by atoms with Gasteiger partial charge in [-0.2, -0.15) is 0 Å². The molecule has 35 heavy (non-hydrogen) atoms. The Hall–Kier alpha value is -4.05. The number of methoxy groups -OCH3 is 1. The number of nitrogens with zero attached hydrogens (tertiary/aromatic N) is 1. The lowest BCUT2D eigenvalue weighted by atomic mass is 10.2. The van der Waals surface area contributed by atoms with Crippen LogP contribution in [0.2, 0.25) is 0 Å². The van der Waals surface area contributed by atoms with Crippen LogP contribution >= 0.6 is 0 Å². The lowest BCUT2D eigenvalue weighted by Gasteiger charge is -2.21. The van der Waals surface area contributed by atoms with Gasteiger partial charge in [0.2, 0.25) is 0 Å². The third-order valence-corrected chi connectivity index (χ3v) is 6.80. The summed E-state index contributed by atoms with van der Waals surface area (Å²) in [6.07, 6.45) is 0.807. The molecule has 2 N–H and O–H groups in total. The summed E-state index contributed by atoms with van der Waals surface area (Å²) >= 11 is 0. The van der Waals surface area contributed by atoms with Gasteiger partial charge in [0.15, 0.2) is 0 Å². The minimum Gasteiger partial charge on any atom is -0.495 e. The Labute approximate surface area is 204 Å². The second kappa shape index (κ2) is 11.4. The van der Waals surface area contributed by atoms with E-state index in [1.165, 1.54) is 44.5 Å². The number of hydrogen-bond donors (Lipinski definition) is 2. The largest absolute Gasteiger partial charge is 0.495 e. The molecule has 3 aromatic carbocycles. The van der Waals surface area contributed by atoms with Gasteiger partial charge in [-0.1, -0.05) is 25.1 Å². The molecule has 3 rings (SSSR count). The van der Waals surface area contributed by atoms with Crippen molar-refractivity contribution in [2.24, 2.45) is 0 Å². The molecule has 0 aliphatic carbocycles. The topological polar surface area (TPSA) is 114 Å². The van der Waals surface area contributed by atoms with Crippen LogP contribution in [0.5, 0.6) is 11.5 Å². The highest BCUT2D eigenvalue weighted by atomic mass is 32.2. The van der Waals surface area contributed by atoms with Crippen molar-refractivity contribution in [2.75, 3.05) is 30.3 Å². The van der Waals surface area contributed by atoms with E-state index in [0.717, 1.165) is 10.7 Å². The second-order valence-corrected chi connectivity index (χ2v) is 9.44. The van der Waals surface area contributed by atoms with Crippen LogP contribution in [0.25, 0.3) is 0 Å². The highest BCUT2D eigenvalue weighted by molar-refractivity contribution is 7.92. The van der Waals surface area contributed by atoms with Gasteiger partial charge >= 0.3 is 12.0 Å². The fourth-order valence-corrected chi connectivity index (χ4v) is 4.36. The summed E-state index contributed by atoms with van der Waals surface area (Å²) in [5.74, 6) is -0.0196. The fraction of sp³-hybridized carbons (Fsp3) is 0.200. The van der Waals surface area contributed by atoms with Gasteiger partial charge in [-0.15, -0.1) is 0 Å². The molecule has 0 bridgehead atoms. The number of esters is 1. The molecule has 0 aliphatic rings. The summed E-state index contributed by atoms with van der Waals surface area (Å²) in [7, 11) is -1.00. The molecule has 3 aromatic rings. The van der Waals surface area contributed by atoms with Gasteiger partial charge in [0.05, 0.1) is 23.3 Å². The second-order valence-electron chi connectivity index (χ2n) is 7.47. The number of sulfonamides is 1. The molecule has 0 aliphatic heterocycles. The Morgan fingerprint density at radius 1 is 0.971 bits per heavy atom. The number of amides is 2. The van der Waals surface area contributed by atoms with Crippen LogP contribution in [0, 0.1) is 0 Å². The van der Waals surface area contributed by atoms with E-state index in [-0.39, 0.29) is 22.2 Å². The zero-order valence-corrected chi connectivity index (χ0v) is 20.5. The molecule has 0 radical (unpaired) electrons. The van der Waals surface area contributed by atoms with E-state index in [1.54, 1.807) is 42.5 Å². The summed E-state index contributed by atoms with van der Waals surface area (Å²) in [4.78, 5) is 24.4. The standard InChI is InChI=1S/C25H27N3O6S/c1-4-16-26-25(30)27-19-8-7-9-20(17-19)34-24(29)18-12-14-21(15-13-18)35(31,32)28(2)22-10-5-6-11-23(22)33-3/h5-15,17H,4,16H2,1-3H3,(H2,26,27,30). The number of rotatable bonds is 9. The van der Waals surface area contributed by atoms with Crippen LogP contribution in [0.15, 0.2) is 77.7 Å². The first-order chi connectivity index (χ1) is 16.8. The van der Waals surface area contributed by atoms with E-state index in [1.807, 2.05) is 6.92 Å². The van der Waals surface area contributed by atoms with Gasteiger partial charge in [-0.25, -0.2) is 18.0 Å². The van der Waals surface area contributed by atoms with Crippen molar-refractivity contribution in [3.63, 3.8) is 0 Å². The van der Waals surface area contributed by atoms with Gasteiger partial charge in [0.25, 0.3) is 10.0 Å². The van der Waals surface area contributed by atoms with Gasteiger partial charge in [-0.05, 0) is 55.0 Å². The van der Waals surface area contributed by atoms with E-state index >= 15 is 0 Å². The molecule has 0 aromatic heterocycles. The SMILES string of the molecule is CCCNC(=O)Nc1cccc(OC(=O)c2ccc(S(=O)(=O)N(C)c3ccccc3OC)cc2)c1. The van der Waals surface area contributed by atoms with Crippen molar-refractivity contribution in [2.45, 2.75) is 18.2 Å². The number of urea groups is 1. The van der Waals surface area contributed by atoms with Gasteiger partial charge in [-0.3, -0.25) is 4.31 Å². The van der Waals surface area contributed by atoms with E-state index < -0.39 is 16.0 Å². The molecule has 0 atom stereocenters. The predicted octanol–water partition coefficient (Wildman–Crippen LogP) is 4.27. The normalized spacial score (nSPS) is 10.8. The Balaban J connectivity index is 1.71. The molecule has 2 amide bonds. The van der Waals surface area contributed by atoms with Crippen LogP contribution in [0.4, 0.5) is 16.2 Å². The quantitative estimate of drug-likeness (QED) is 0.337. The minimum atomic E-state index is -3.89. The number of carbonyl (C=O) groups excluding carboxylic acids is 2. The smallest absolute Gasteiger partial charge is 0.343 e. The third kappa shape index (κ3) is 6.30. The minimum absolute atomic E-state index is 0.00625. The third-order valence-electron chi connectivity index (χ3n) is 5.01. The van der Waals surface area contributed by atoms with Crippen LogP contribution in [0.3, 0.4) is 0 Å². The predicted molar refractivity (Wildman–Crippen MR) is 134 cm³/mol. The highest BCUT2D eigenvalue weighted by Crippen LogP contribution is 2.31. The number of anilines is 2. The van der Waals surface area contributed by atoms with Crippen LogP contribution in [-0.4, -0.2) is 41.1 Å². The zero-order valence-electron chi connectivity index (χ0n) is 19.6. The summed E-state index contributed by atoms with van der Waals surface area (Å²) in [5.41, 5.74) is 1.02. The Morgan fingerprint density at radius 3 is 2.37 bits per heavy atom. The first kappa shape index (κ1) is 25.6. The summed E-state index contributed by atoms with van der Waals surface area (Å²) in [6.45, 7) is 2.49. The Morgan fingerprint density at radius 2 is 1.69 bits per heavy atom. The molecule has 0 heterocycles. The van der Waals surface area contributed by atoms with E-state index in [2.05, 4.69) is 10.6 Å². The molecule has 0 saturated carbocycles. The molecule has 0 fully saturated rings. The fourth-order valence-electron chi connectivity index (χ4n) is 3.16. The maximum Gasteiger partial charge on any atom is 0.343 e. The maximum absolute atomic E-state index is 13.1. The first-order valence-corrected chi connectivity index (χ1v) is 12.3. The number of ether oxygens (including phenoxy) is 2. The summed E-state index contributed by atoms with van der Waals surface area (Å²) in [6, 6.07) is 18.3. The summed E-state index contributed by atoms with van der Waals surface area (Å²) in [5, 5.41) is 5.36. The summed E-state index contributed by atoms with van der Waals surface area (Å²) < 4.78 is 37.9. The van der Waals surface area contributed by atoms with Crippen LogP contribution in [0.1, 0.15) is 23.7 Å². The van der Waals surface area contributed by atoms with Crippen LogP contribution in [-0.2, 0) is 10.0 Å². The molecule has 184 valence electrons. The van der Waals surface area contributed by atoms with E-state index in [9.17, 15) is 18.0 Å². The van der Waals surface area contributed by atoms with Crippen molar-refractivity contribution < 1.29 is 27.5 Å². The zero-order chi connectivity index (χ0) is 25.4. The number of para-hydroxylation sites is 2. The van der Waals surface area contributed by atoms with Crippen molar-refractivity contribution in [1.82, 2.24) is 5.32 Å². The molecule has 0 spiro atoms. The van der Waals surface area contributed by atoms with Gasteiger partial charge in [0, 0.05) is 25.3 Å². The number of carbonyl (C=O) groups is 2. The van der Waals surface area contributed by atoms with Gasteiger partial charge < -0.3 is 20.1 Å². The van der Waals surface area contributed by atoms with Crippen molar-refractivity contribution >= 4 is 33.4 Å². The molecular formula is C25H27N3O6S. The maximum atomic E-state index is 13.1. The van der Waals surface area contributed by atoms with E-state index in [4.69, 9.17) is 9.47 Å². The van der Waals surface area contributed by atoms with Crippen molar-refractivity contribution in [1.29, 1.82) is 0 Å². The molecule has 0 unspecified atom stereocenters. The van der Waals surface area contributed by atoms with Crippen molar-refractivity contribution in [3.05, 3.63) is 78.4 Å². The first-order valence-electron chi connectivity index (χ1n) is 10.9. The molecular weight excluding hydrogens is 470 g/mol. The Bertz CT molecular complexity index is 1290. The number of benzene rings is 3. The van der Waals surface area contributed by atoms with E-state index in [0.29, 0.717) is 23.7 Å². The molecule has 9 nitrogen and oxygen atoms in total. The lowest BCUT2D eigenvalue weighted by molar-refractivity contribution is 0.0734. The van der Waals surface area contributed by atoms with Gasteiger partial charge in [0.1, 0.15) is 11.5 Å². The van der Waals surface area contributed by atoms with Crippen molar-refractivity contribution in [3.8, 4) is 11.5 Å². The average molecular weight is 498 g/mol. The number of nitrogens with one attached hydrogen (secondary N) is 2. The van der Waals surface area contributed by atoms with Crippen LogP contribution < -0.4 is 24.4 Å². The molecule has 10 heteroatoms. The monoisotopic (exact) mass is 497 g/mol. The number of hydrogen-bond acceptors (Lipinski definition) is 6. The highest BCUT2D eigenvalue weighted by Gasteiger charge is 2.24. The molecule has 0 saturated heterocycles.